The summed E-state index contributed by atoms with van der Waals surface area (Å²) in [6, 6.07) is 8.93. The number of halogens is 2. The second kappa shape index (κ2) is 8.51. The number of methoxy groups -OCH3 is 1. The molecule has 4 rings (SSSR count). The first kappa shape index (κ1) is 21.6. The molecule has 3 aromatic rings. The minimum Gasteiger partial charge on any atom is -0.497 e. The average Bonchev–Trinajstić information content (AvgIpc) is 3.15. The summed E-state index contributed by atoms with van der Waals surface area (Å²) >= 11 is 2.57. The quantitative estimate of drug-likeness (QED) is 0.306. The van der Waals surface area contributed by atoms with Crippen molar-refractivity contribution >= 4 is 45.7 Å². The molecular weight excluding hydrogens is 444 g/mol. The van der Waals surface area contributed by atoms with Gasteiger partial charge in [0.05, 0.1) is 29.8 Å². The summed E-state index contributed by atoms with van der Waals surface area (Å²) in [6.07, 6.45) is -0.396. The summed E-state index contributed by atoms with van der Waals surface area (Å²) in [5.41, 5.74) is 0.777. The molecule has 1 atom stereocenters. The average molecular weight is 464 g/mol. The van der Waals surface area contributed by atoms with Gasteiger partial charge in [0.25, 0.3) is 5.92 Å². The van der Waals surface area contributed by atoms with E-state index in [0.29, 0.717) is 21.5 Å². The zero-order valence-electron chi connectivity index (χ0n) is 16.8. The lowest BCUT2D eigenvalue weighted by molar-refractivity contribution is -0.124. The first-order valence-corrected chi connectivity index (χ1v) is 11.3. The Morgan fingerprint density at radius 3 is 2.77 bits per heavy atom. The first-order valence-electron chi connectivity index (χ1n) is 9.49. The third kappa shape index (κ3) is 4.85. The maximum Gasteiger partial charge on any atom is 0.260 e. The van der Waals surface area contributed by atoms with Crippen LogP contribution in [0.15, 0.2) is 35.4 Å². The lowest BCUT2D eigenvalue weighted by Crippen LogP contribution is -2.26. The number of carbonyl (C=O) groups excluding carboxylic acids is 2. The number of thiophene rings is 1. The SMILES string of the molecule is COc1ccc2nc(C)nc(SCC(=O)c3ccc(CNC(=O)C4CC4(F)F)s3)c2c1. The van der Waals surface area contributed by atoms with Crippen molar-refractivity contribution in [3.63, 3.8) is 0 Å². The maximum atomic E-state index is 13.0. The topological polar surface area (TPSA) is 81.2 Å². The van der Waals surface area contributed by atoms with Crippen molar-refractivity contribution in [3.05, 3.63) is 45.9 Å². The fourth-order valence-electron chi connectivity index (χ4n) is 3.05. The molecule has 0 aliphatic heterocycles. The Hall–Kier alpha value is -2.59. The van der Waals surface area contributed by atoms with Crippen LogP contribution in [0.25, 0.3) is 10.9 Å². The summed E-state index contributed by atoms with van der Waals surface area (Å²) in [6.45, 7) is 1.93. The Morgan fingerprint density at radius 2 is 2.06 bits per heavy atom. The van der Waals surface area contributed by atoms with Crippen molar-refractivity contribution in [2.24, 2.45) is 5.92 Å². The van der Waals surface area contributed by atoms with Gasteiger partial charge in [-0.2, -0.15) is 0 Å². The summed E-state index contributed by atoms with van der Waals surface area (Å²) in [4.78, 5) is 34.5. The number of fused-ring (bicyclic) bond motifs is 1. The van der Waals surface area contributed by atoms with Crippen LogP contribution in [0.4, 0.5) is 8.78 Å². The molecule has 0 saturated heterocycles. The molecule has 162 valence electrons. The van der Waals surface area contributed by atoms with Gasteiger partial charge in [-0.1, -0.05) is 11.8 Å². The van der Waals surface area contributed by atoms with Crippen LogP contribution in [0.2, 0.25) is 0 Å². The third-order valence-electron chi connectivity index (χ3n) is 4.84. The molecule has 1 saturated carbocycles. The monoisotopic (exact) mass is 463 g/mol. The van der Waals surface area contributed by atoms with Crippen molar-refractivity contribution < 1.29 is 23.1 Å². The molecule has 0 radical (unpaired) electrons. The van der Waals surface area contributed by atoms with E-state index in [1.54, 1.807) is 26.2 Å². The molecule has 10 heteroatoms. The Morgan fingerprint density at radius 1 is 1.29 bits per heavy atom. The second-order valence-electron chi connectivity index (χ2n) is 7.17. The van der Waals surface area contributed by atoms with Crippen molar-refractivity contribution in [2.75, 3.05) is 12.9 Å². The number of Topliss-reactive ketones (excluding diaryl/α,β-unsaturated/α-hetero) is 1. The molecule has 1 unspecified atom stereocenters. The maximum absolute atomic E-state index is 13.0. The van der Waals surface area contributed by atoms with E-state index < -0.39 is 24.2 Å². The Labute approximate surface area is 185 Å². The fourth-order valence-corrected chi connectivity index (χ4v) is 4.97. The van der Waals surface area contributed by atoms with E-state index >= 15 is 0 Å². The van der Waals surface area contributed by atoms with Crippen LogP contribution < -0.4 is 10.1 Å². The molecule has 31 heavy (non-hydrogen) atoms. The van der Waals surface area contributed by atoms with Gasteiger partial charge in [0, 0.05) is 16.7 Å². The zero-order valence-corrected chi connectivity index (χ0v) is 18.4. The smallest absolute Gasteiger partial charge is 0.260 e. The van der Waals surface area contributed by atoms with E-state index in [1.165, 1.54) is 23.1 Å². The molecular formula is C21H19F2N3O3S2. The van der Waals surface area contributed by atoms with Crippen molar-refractivity contribution in [1.29, 1.82) is 0 Å². The normalized spacial score (nSPS) is 16.8. The van der Waals surface area contributed by atoms with Gasteiger partial charge in [0.15, 0.2) is 5.78 Å². The van der Waals surface area contributed by atoms with Crippen LogP contribution in [-0.4, -0.2) is 40.4 Å². The molecule has 6 nitrogen and oxygen atoms in total. The largest absolute Gasteiger partial charge is 0.497 e. The third-order valence-corrected chi connectivity index (χ3v) is 6.95. The lowest BCUT2D eigenvalue weighted by atomic mass is 10.2. The predicted octanol–water partition coefficient (Wildman–Crippen LogP) is 4.25. The van der Waals surface area contributed by atoms with Crippen molar-refractivity contribution in [2.45, 2.75) is 30.8 Å². The van der Waals surface area contributed by atoms with Crippen LogP contribution in [0, 0.1) is 12.8 Å². The highest BCUT2D eigenvalue weighted by Gasteiger charge is 2.61. The number of nitrogens with one attached hydrogen (secondary N) is 1. The number of amides is 1. The second-order valence-corrected chi connectivity index (χ2v) is 9.30. The number of hydrogen-bond donors (Lipinski definition) is 1. The van der Waals surface area contributed by atoms with Crippen LogP contribution in [0.1, 0.15) is 26.8 Å². The van der Waals surface area contributed by atoms with Gasteiger partial charge in [-0.3, -0.25) is 9.59 Å². The first-order chi connectivity index (χ1) is 14.8. The summed E-state index contributed by atoms with van der Waals surface area (Å²) in [7, 11) is 1.58. The summed E-state index contributed by atoms with van der Waals surface area (Å²) in [5, 5.41) is 4.02. The molecule has 2 heterocycles. The molecule has 1 aliphatic carbocycles. The van der Waals surface area contributed by atoms with Crippen LogP contribution in [0.3, 0.4) is 0 Å². The van der Waals surface area contributed by atoms with Crippen LogP contribution in [-0.2, 0) is 11.3 Å². The van der Waals surface area contributed by atoms with E-state index in [1.807, 2.05) is 18.2 Å². The Kier molecular flexibility index (Phi) is 5.94. The van der Waals surface area contributed by atoms with Crippen molar-refractivity contribution in [3.8, 4) is 5.75 Å². The zero-order chi connectivity index (χ0) is 22.2. The Balaban J connectivity index is 1.39. The van der Waals surface area contributed by atoms with Crippen LogP contribution >= 0.6 is 23.1 Å². The van der Waals surface area contributed by atoms with Gasteiger partial charge in [0.1, 0.15) is 22.5 Å². The molecule has 2 aromatic heterocycles. The summed E-state index contributed by atoms with van der Waals surface area (Å²) in [5.74, 6) is -3.36. The van der Waals surface area contributed by atoms with E-state index in [-0.39, 0.29) is 18.1 Å². The molecule has 1 amide bonds. The molecule has 0 spiro atoms. The number of nitrogens with zero attached hydrogens (tertiary/aromatic N) is 2. The van der Waals surface area contributed by atoms with E-state index in [0.717, 1.165) is 15.8 Å². The number of thioether (sulfide) groups is 1. The number of carbonyl (C=O) groups is 2. The minimum atomic E-state index is -2.88. The fraction of sp³-hybridized carbons (Fsp3) is 0.333. The van der Waals surface area contributed by atoms with Crippen LogP contribution in [0.5, 0.6) is 5.75 Å². The van der Waals surface area contributed by atoms with Crippen molar-refractivity contribution in [1.82, 2.24) is 15.3 Å². The number of rotatable bonds is 8. The van der Waals surface area contributed by atoms with Gasteiger partial charge < -0.3 is 10.1 Å². The molecule has 1 aromatic carbocycles. The van der Waals surface area contributed by atoms with Gasteiger partial charge in [-0.05, 0) is 37.3 Å². The standard InChI is InChI=1S/C21H19F2N3O3S2/c1-11-25-16-5-3-12(29-2)7-14(16)20(26-11)30-10-17(27)18-6-4-13(31-18)9-24-19(28)15-8-21(15,22)23/h3-7,15H,8-10H2,1-2H3,(H,24,28). The number of aromatic nitrogens is 2. The lowest BCUT2D eigenvalue weighted by Gasteiger charge is -2.08. The minimum absolute atomic E-state index is 0.0754. The number of benzene rings is 1. The molecule has 1 fully saturated rings. The predicted molar refractivity (Wildman–Crippen MR) is 115 cm³/mol. The highest BCUT2D eigenvalue weighted by atomic mass is 32.2. The Bertz CT molecular complexity index is 1170. The van der Waals surface area contributed by atoms with Gasteiger partial charge in [0.2, 0.25) is 5.91 Å². The summed E-state index contributed by atoms with van der Waals surface area (Å²) < 4.78 is 31.2. The van der Waals surface area contributed by atoms with E-state index in [4.69, 9.17) is 4.74 Å². The van der Waals surface area contributed by atoms with E-state index in [9.17, 15) is 18.4 Å². The number of aryl methyl sites for hydroxylation is 1. The molecule has 1 aliphatic rings. The van der Waals surface area contributed by atoms with Gasteiger partial charge in [-0.25, -0.2) is 18.7 Å². The van der Waals surface area contributed by atoms with Gasteiger partial charge in [-0.15, -0.1) is 11.3 Å². The molecule has 1 N–H and O–H groups in total. The number of hydrogen-bond acceptors (Lipinski definition) is 7. The van der Waals surface area contributed by atoms with E-state index in [2.05, 4.69) is 15.3 Å². The highest BCUT2D eigenvalue weighted by molar-refractivity contribution is 8.00. The number of ketones is 1. The highest BCUT2D eigenvalue weighted by Crippen LogP contribution is 2.48. The molecule has 0 bridgehead atoms. The number of alkyl halides is 2. The van der Waals surface area contributed by atoms with Gasteiger partial charge >= 0.3 is 0 Å². The number of ether oxygens (including phenoxy) is 1.